The van der Waals surface area contributed by atoms with Gasteiger partial charge >= 0.3 is 5.97 Å². The number of nitrogens with one attached hydrogen (secondary N) is 2. The van der Waals surface area contributed by atoms with Crippen LogP contribution in [0, 0.1) is 6.92 Å². The van der Waals surface area contributed by atoms with Crippen molar-refractivity contribution in [3.05, 3.63) is 15.6 Å². The first kappa shape index (κ1) is 24.1. The summed E-state index contributed by atoms with van der Waals surface area (Å²) in [6.07, 6.45) is 0. The molecule has 0 aromatic carbocycles. The lowest BCUT2D eigenvalue weighted by atomic mass is 10.3. The van der Waals surface area contributed by atoms with Gasteiger partial charge in [-0.25, -0.2) is 9.78 Å². The van der Waals surface area contributed by atoms with E-state index in [9.17, 15) is 4.79 Å². The van der Waals surface area contributed by atoms with Crippen molar-refractivity contribution in [1.29, 1.82) is 0 Å². The van der Waals surface area contributed by atoms with E-state index in [0.29, 0.717) is 17.2 Å². The van der Waals surface area contributed by atoms with Gasteiger partial charge in [-0.3, -0.25) is 4.99 Å². The summed E-state index contributed by atoms with van der Waals surface area (Å²) >= 11 is 1.36. The van der Waals surface area contributed by atoms with Crippen molar-refractivity contribution in [1.82, 2.24) is 20.5 Å². The molecule has 1 unspecified atom stereocenters. The van der Waals surface area contributed by atoms with Crippen LogP contribution in [0.25, 0.3) is 0 Å². The summed E-state index contributed by atoms with van der Waals surface area (Å²) < 4.78 is 5.06. The summed E-state index contributed by atoms with van der Waals surface area (Å²) in [6, 6.07) is -0.0491. The Kier molecular flexibility index (Phi) is 12.0. The van der Waals surface area contributed by atoms with E-state index < -0.39 is 0 Å². The molecule has 144 valence electrons. The highest BCUT2D eigenvalue weighted by Gasteiger charge is 2.20. The predicted molar refractivity (Wildman–Crippen MR) is 114 cm³/mol. The van der Waals surface area contributed by atoms with Gasteiger partial charge in [-0.1, -0.05) is 6.92 Å². The van der Waals surface area contributed by atoms with Crippen LogP contribution in [-0.4, -0.2) is 62.1 Å². The second-order valence-electron chi connectivity index (χ2n) is 5.45. The molecule has 0 fully saturated rings. The molecule has 0 spiro atoms. The second-order valence-corrected chi connectivity index (χ2v) is 6.48. The van der Waals surface area contributed by atoms with Crippen molar-refractivity contribution >= 4 is 47.2 Å². The molecule has 1 heterocycles. The first-order chi connectivity index (χ1) is 11.4. The number of rotatable bonds is 8. The number of aryl methyl sites for hydroxylation is 1. The highest BCUT2D eigenvalue weighted by molar-refractivity contribution is 14.0. The number of thiazole rings is 1. The summed E-state index contributed by atoms with van der Waals surface area (Å²) in [4.78, 5) is 23.4. The van der Waals surface area contributed by atoms with E-state index in [1.807, 2.05) is 13.8 Å². The monoisotopic (exact) mass is 483 g/mol. The Morgan fingerprint density at radius 2 is 2.12 bits per heavy atom. The molecule has 1 aromatic heterocycles. The molecule has 0 aliphatic carbocycles. The average Bonchev–Trinajstić information content (AvgIpc) is 2.95. The highest BCUT2D eigenvalue weighted by Crippen LogP contribution is 2.24. The quantitative estimate of drug-likeness (QED) is 0.256. The third-order valence-corrected chi connectivity index (χ3v) is 4.87. The minimum atomic E-state index is -0.309. The molecule has 0 bridgehead atoms. The van der Waals surface area contributed by atoms with Crippen molar-refractivity contribution < 1.29 is 9.53 Å². The Morgan fingerprint density at radius 1 is 1.44 bits per heavy atom. The minimum Gasteiger partial charge on any atom is -0.462 e. The molecule has 0 amide bonds. The lowest BCUT2D eigenvalue weighted by Gasteiger charge is -2.18. The van der Waals surface area contributed by atoms with Gasteiger partial charge in [0, 0.05) is 20.1 Å². The fourth-order valence-electron chi connectivity index (χ4n) is 1.97. The van der Waals surface area contributed by atoms with E-state index in [1.54, 1.807) is 14.0 Å². The third kappa shape index (κ3) is 7.87. The van der Waals surface area contributed by atoms with E-state index in [4.69, 9.17) is 4.74 Å². The standard InChI is InChI=1S/C16H29N5O2S.HI/c1-7-21(6)10-9-18-16(17-5)20-12(4)14-19-11(3)13(24-14)15(22)23-8-2;/h12H,7-10H2,1-6H3,(H2,17,18,20);1H. The Labute approximate surface area is 171 Å². The number of carbonyl (C=O) groups excluding carboxylic acids is 1. The van der Waals surface area contributed by atoms with Crippen LogP contribution in [0.4, 0.5) is 0 Å². The summed E-state index contributed by atoms with van der Waals surface area (Å²) in [5.74, 6) is 0.411. The van der Waals surface area contributed by atoms with Gasteiger partial charge in [0.2, 0.25) is 0 Å². The number of guanidine groups is 1. The smallest absolute Gasteiger partial charge is 0.350 e. The number of carbonyl (C=O) groups is 1. The summed E-state index contributed by atoms with van der Waals surface area (Å²) in [5, 5.41) is 7.42. The highest BCUT2D eigenvalue weighted by atomic mass is 127. The summed E-state index contributed by atoms with van der Waals surface area (Å²) in [5.41, 5.74) is 0.703. The number of aromatic nitrogens is 1. The van der Waals surface area contributed by atoms with Crippen LogP contribution in [0.15, 0.2) is 4.99 Å². The third-order valence-electron chi connectivity index (χ3n) is 3.55. The first-order valence-electron chi connectivity index (χ1n) is 8.23. The fourth-order valence-corrected chi connectivity index (χ4v) is 2.94. The zero-order valence-electron chi connectivity index (χ0n) is 15.9. The van der Waals surface area contributed by atoms with Gasteiger partial charge in [0.15, 0.2) is 5.96 Å². The normalized spacial score (nSPS) is 12.5. The molecular formula is C16H30IN5O2S. The molecule has 0 saturated carbocycles. The number of nitrogens with zero attached hydrogens (tertiary/aromatic N) is 3. The fraction of sp³-hybridized carbons (Fsp3) is 0.688. The number of esters is 1. The molecule has 0 saturated heterocycles. The van der Waals surface area contributed by atoms with E-state index in [2.05, 4.69) is 39.5 Å². The van der Waals surface area contributed by atoms with E-state index in [-0.39, 0.29) is 36.0 Å². The van der Waals surface area contributed by atoms with Gasteiger partial charge in [0.25, 0.3) is 0 Å². The number of hydrogen-bond donors (Lipinski definition) is 2. The largest absolute Gasteiger partial charge is 0.462 e. The van der Waals surface area contributed by atoms with E-state index in [1.165, 1.54) is 11.3 Å². The van der Waals surface area contributed by atoms with Gasteiger partial charge in [-0.05, 0) is 34.4 Å². The van der Waals surface area contributed by atoms with E-state index >= 15 is 0 Å². The van der Waals surface area contributed by atoms with Crippen LogP contribution in [0.5, 0.6) is 0 Å². The zero-order valence-corrected chi connectivity index (χ0v) is 19.0. The van der Waals surface area contributed by atoms with Crippen LogP contribution >= 0.6 is 35.3 Å². The maximum Gasteiger partial charge on any atom is 0.350 e. The predicted octanol–water partition coefficient (Wildman–Crippen LogP) is 2.42. The van der Waals surface area contributed by atoms with Crippen molar-refractivity contribution in [2.24, 2.45) is 4.99 Å². The SMILES string of the molecule is CCOC(=O)c1sc(C(C)NC(=NC)NCCN(C)CC)nc1C.I. The molecule has 1 atom stereocenters. The molecular weight excluding hydrogens is 453 g/mol. The maximum absolute atomic E-state index is 11.9. The Bertz CT molecular complexity index is 565. The summed E-state index contributed by atoms with van der Waals surface area (Å²) in [7, 11) is 3.82. The molecule has 7 nitrogen and oxygen atoms in total. The molecule has 1 rings (SSSR count). The maximum atomic E-state index is 11.9. The van der Waals surface area contributed by atoms with Crippen LogP contribution < -0.4 is 10.6 Å². The van der Waals surface area contributed by atoms with Crippen molar-refractivity contribution in [3.63, 3.8) is 0 Å². The van der Waals surface area contributed by atoms with Crippen LogP contribution in [0.3, 0.4) is 0 Å². The second kappa shape index (κ2) is 12.4. The van der Waals surface area contributed by atoms with Gasteiger partial charge in [0.1, 0.15) is 9.88 Å². The first-order valence-corrected chi connectivity index (χ1v) is 9.04. The summed E-state index contributed by atoms with van der Waals surface area (Å²) in [6.45, 7) is 10.9. The van der Waals surface area contributed by atoms with Crippen molar-refractivity contribution in [3.8, 4) is 0 Å². The van der Waals surface area contributed by atoms with Gasteiger partial charge in [0.05, 0.1) is 18.3 Å². The van der Waals surface area contributed by atoms with E-state index in [0.717, 1.165) is 30.6 Å². The molecule has 9 heteroatoms. The molecule has 1 aromatic rings. The van der Waals surface area contributed by atoms with Crippen LogP contribution in [0.2, 0.25) is 0 Å². The molecule has 25 heavy (non-hydrogen) atoms. The van der Waals surface area contributed by atoms with Gasteiger partial charge in [-0.15, -0.1) is 35.3 Å². The number of ether oxygens (including phenoxy) is 1. The lowest BCUT2D eigenvalue weighted by molar-refractivity contribution is 0.0531. The number of halogens is 1. The zero-order chi connectivity index (χ0) is 18.1. The minimum absolute atomic E-state index is 0. The van der Waals surface area contributed by atoms with Gasteiger partial charge in [-0.2, -0.15) is 0 Å². The van der Waals surface area contributed by atoms with Crippen molar-refractivity contribution in [2.75, 3.05) is 40.3 Å². The molecule has 0 aliphatic heterocycles. The number of hydrogen-bond acceptors (Lipinski definition) is 6. The Balaban J connectivity index is 0.00000576. The van der Waals surface area contributed by atoms with Gasteiger partial charge < -0.3 is 20.3 Å². The number of aliphatic imine (C=N–C) groups is 1. The average molecular weight is 483 g/mol. The van der Waals surface area contributed by atoms with Crippen LogP contribution in [-0.2, 0) is 4.74 Å². The Hall–Kier alpha value is -0.940. The molecule has 0 radical (unpaired) electrons. The lowest BCUT2D eigenvalue weighted by Crippen LogP contribution is -2.41. The molecule has 2 N–H and O–H groups in total. The van der Waals surface area contributed by atoms with Crippen molar-refractivity contribution in [2.45, 2.75) is 33.7 Å². The van der Waals surface area contributed by atoms with Crippen LogP contribution in [0.1, 0.15) is 47.2 Å². The number of likely N-dealkylation sites (N-methyl/N-ethyl adjacent to an activating group) is 1. The Morgan fingerprint density at radius 3 is 2.68 bits per heavy atom. The topological polar surface area (TPSA) is 78.8 Å². The molecule has 0 aliphatic rings.